The molecule has 0 aliphatic heterocycles. The number of unbranched alkanes of at least 4 members (excludes halogenated alkanes) is 11. The molecule has 0 bridgehead atoms. The zero-order chi connectivity index (χ0) is 11.2. The highest BCUT2D eigenvalue weighted by molar-refractivity contribution is 4.63. The standard InChI is InChI=1S/C14H29O/c1-2-3-4-5-6-7-8-9-10-11-12-13-14-15/h12,15H,2-11,13-14H2,1H3. The van der Waals surface area contributed by atoms with Gasteiger partial charge in [0, 0.05) is 6.61 Å². The second-order valence-corrected chi connectivity index (χ2v) is 4.42. The molecular formula is C14H29O. The first-order chi connectivity index (χ1) is 7.41. The highest BCUT2D eigenvalue weighted by atomic mass is 16.2. The van der Waals surface area contributed by atoms with Crippen molar-refractivity contribution >= 4 is 0 Å². The Balaban J connectivity index is 2.81. The molecule has 0 aromatic carbocycles. The van der Waals surface area contributed by atoms with Crippen molar-refractivity contribution in [1.29, 1.82) is 0 Å². The lowest BCUT2D eigenvalue weighted by molar-refractivity contribution is 0.296. The number of aliphatic hydroxyl groups excluding tert-OH is 1. The first-order valence-corrected chi connectivity index (χ1v) is 6.84. The van der Waals surface area contributed by atoms with Crippen molar-refractivity contribution in [3.05, 3.63) is 6.42 Å². The summed E-state index contributed by atoms with van der Waals surface area (Å²) in [4.78, 5) is 0. The fourth-order valence-electron chi connectivity index (χ4n) is 1.83. The van der Waals surface area contributed by atoms with E-state index >= 15 is 0 Å². The largest absolute Gasteiger partial charge is 0.396 e. The van der Waals surface area contributed by atoms with Crippen LogP contribution in [-0.4, -0.2) is 11.7 Å². The molecule has 0 atom stereocenters. The highest BCUT2D eigenvalue weighted by Crippen LogP contribution is 2.11. The van der Waals surface area contributed by atoms with E-state index in [1.54, 1.807) is 0 Å². The number of rotatable bonds is 12. The summed E-state index contributed by atoms with van der Waals surface area (Å²) < 4.78 is 0. The number of hydrogen-bond donors (Lipinski definition) is 1. The van der Waals surface area contributed by atoms with Crippen molar-refractivity contribution in [3.8, 4) is 0 Å². The molecule has 1 N–H and O–H groups in total. The lowest BCUT2D eigenvalue weighted by Gasteiger charge is -2.01. The van der Waals surface area contributed by atoms with E-state index in [0.717, 1.165) is 6.42 Å². The summed E-state index contributed by atoms with van der Waals surface area (Å²) in [7, 11) is 0. The summed E-state index contributed by atoms with van der Waals surface area (Å²) in [5, 5.41) is 8.58. The Morgan fingerprint density at radius 3 is 1.80 bits per heavy atom. The van der Waals surface area contributed by atoms with Crippen LogP contribution in [0.5, 0.6) is 0 Å². The minimum atomic E-state index is 0.317. The van der Waals surface area contributed by atoms with Gasteiger partial charge < -0.3 is 5.11 Å². The van der Waals surface area contributed by atoms with E-state index in [4.69, 9.17) is 5.11 Å². The van der Waals surface area contributed by atoms with Gasteiger partial charge in [-0.3, -0.25) is 0 Å². The Morgan fingerprint density at radius 2 is 1.27 bits per heavy atom. The predicted molar refractivity (Wildman–Crippen MR) is 67.8 cm³/mol. The fourth-order valence-corrected chi connectivity index (χ4v) is 1.83. The van der Waals surface area contributed by atoms with Gasteiger partial charge in [-0.1, -0.05) is 71.1 Å². The summed E-state index contributed by atoms with van der Waals surface area (Å²) in [6.07, 6.45) is 16.8. The SMILES string of the molecule is CCCCCCCCCCC[CH]CCO. The van der Waals surface area contributed by atoms with Crippen LogP contribution in [-0.2, 0) is 0 Å². The second kappa shape index (κ2) is 14.0. The molecule has 0 aromatic heterocycles. The van der Waals surface area contributed by atoms with Crippen LogP contribution in [0.15, 0.2) is 0 Å². The summed E-state index contributed by atoms with van der Waals surface area (Å²) in [5.41, 5.74) is 0. The van der Waals surface area contributed by atoms with Gasteiger partial charge in [-0.15, -0.1) is 0 Å². The highest BCUT2D eigenvalue weighted by Gasteiger charge is 1.92. The van der Waals surface area contributed by atoms with Gasteiger partial charge in [-0.2, -0.15) is 0 Å². The maximum Gasteiger partial charge on any atom is 0.0433 e. The van der Waals surface area contributed by atoms with Crippen molar-refractivity contribution in [1.82, 2.24) is 0 Å². The average Bonchev–Trinajstić information content (AvgIpc) is 2.26. The molecule has 0 saturated carbocycles. The molecule has 0 amide bonds. The molecule has 0 spiro atoms. The van der Waals surface area contributed by atoms with Crippen LogP contribution in [0.25, 0.3) is 0 Å². The molecule has 0 unspecified atom stereocenters. The van der Waals surface area contributed by atoms with Crippen molar-refractivity contribution in [2.75, 3.05) is 6.61 Å². The zero-order valence-corrected chi connectivity index (χ0v) is 10.5. The number of aliphatic hydroxyl groups is 1. The maximum absolute atomic E-state index is 8.58. The molecule has 0 aliphatic rings. The monoisotopic (exact) mass is 213 g/mol. The Labute approximate surface area is 96.3 Å². The van der Waals surface area contributed by atoms with Gasteiger partial charge in [-0.05, 0) is 12.8 Å². The van der Waals surface area contributed by atoms with Crippen molar-refractivity contribution in [2.24, 2.45) is 0 Å². The van der Waals surface area contributed by atoms with Crippen LogP contribution in [0.1, 0.15) is 77.6 Å². The van der Waals surface area contributed by atoms with E-state index in [2.05, 4.69) is 13.3 Å². The lowest BCUT2D eigenvalue weighted by Crippen LogP contribution is -1.85. The molecule has 0 saturated heterocycles. The van der Waals surface area contributed by atoms with Crippen molar-refractivity contribution in [2.45, 2.75) is 77.6 Å². The molecule has 15 heavy (non-hydrogen) atoms. The van der Waals surface area contributed by atoms with Crippen molar-refractivity contribution in [3.63, 3.8) is 0 Å². The third-order valence-electron chi connectivity index (χ3n) is 2.85. The van der Waals surface area contributed by atoms with E-state index in [9.17, 15) is 0 Å². The van der Waals surface area contributed by atoms with E-state index in [1.165, 1.54) is 64.2 Å². The molecule has 1 nitrogen and oxygen atoms in total. The van der Waals surface area contributed by atoms with Gasteiger partial charge in [0.05, 0.1) is 0 Å². The van der Waals surface area contributed by atoms with Gasteiger partial charge in [0.15, 0.2) is 0 Å². The fraction of sp³-hybridized carbons (Fsp3) is 0.929. The van der Waals surface area contributed by atoms with Crippen LogP contribution in [0.2, 0.25) is 0 Å². The number of hydrogen-bond acceptors (Lipinski definition) is 1. The second-order valence-electron chi connectivity index (χ2n) is 4.42. The van der Waals surface area contributed by atoms with Gasteiger partial charge >= 0.3 is 0 Å². The smallest absolute Gasteiger partial charge is 0.0433 e. The molecule has 0 fully saturated rings. The molecule has 91 valence electrons. The molecule has 0 aromatic rings. The molecular weight excluding hydrogens is 184 g/mol. The summed E-state index contributed by atoms with van der Waals surface area (Å²) in [5.74, 6) is 0. The van der Waals surface area contributed by atoms with Crippen LogP contribution in [0, 0.1) is 6.42 Å². The first kappa shape index (κ1) is 15.0. The van der Waals surface area contributed by atoms with Crippen LogP contribution in [0.4, 0.5) is 0 Å². The molecule has 0 rings (SSSR count). The Hall–Kier alpha value is -0.0400. The quantitative estimate of drug-likeness (QED) is 0.473. The van der Waals surface area contributed by atoms with Gasteiger partial charge in [-0.25, -0.2) is 0 Å². The van der Waals surface area contributed by atoms with Gasteiger partial charge in [0.25, 0.3) is 0 Å². The minimum Gasteiger partial charge on any atom is -0.396 e. The zero-order valence-electron chi connectivity index (χ0n) is 10.5. The van der Waals surface area contributed by atoms with E-state index in [-0.39, 0.29) is 0 Å². The minimum absolute atomic E-state index is 0.317. The van der Waals surface area contributed by atoms with Gasteiger partial charge in [0.1, 0.15) is 0 Å². The van der Waals surface area contributed by atoms with Gasteiger partial charge in [0.2, 0.25) is 0 Å². The normalized spacial score (nSPS) is 10.8. The summed E-state index contributed by atoms with van der Waals surface area (Å²) in [6.45, 7) is 2.58. The van der Waals surface area contributed by atoms with E-state index < -0.39 is 0 Å². The Morgan fingerprint density at radius 1 is 0.733 bits per heavy atom. The maximum atomic E-state index is 8.58. The third kappa shape index (κ3) is 14.0. The van der Waals surface area contributed by atoms with Crippen LogP contribution in [0.3, 0.4) is 0 Å². The first-order valence-electron chi connectivity index (χ1n) is 6.84. The average molecular weight is 213 g/mol. The van der Waals surface area contributed by atoms with Crippen LogP contribution >= 0.6 is 0 Å². The molecule has 0 aliphatic carbocycles. The summed E-state index contributed by atoms with van der Waals surface area (Å²) >= 11 is 0. The molecule has 0 heterocycles. The van der Waals surface area contributed by atoms with E-state index in [1.807, 2.05) is 0 Å². The van der Waals surface area contributed by atoms with E-state index in [0.29, 0.717) is 6.61 Å². The predicted octanol–water partition coefficient (Wildman–Crippen LogP) is 4.49. The molecule has 1 heteroatoms. The third-order valence-corrected chi connectivity index (χ3v) is 2.85. The van der Waals surface area contributed by atoms with Crippen molar-refractivity contribution < 1.29 is 5.11 Å². The topological polar surface area (TPSA) is 20.2 Å². The van der Waals surface area contributed by atoms with Crippen LogP contribution < -0.4 is 0 Å². The Kier molecular flexibility index (Phi) is 13.9. The Bertz CT molecular complexity index is 89.5. The summed E-state index contributed by atoms with van der Waals surface area (Å²) in [6, 6.07) is 0. The lowest BCUT2D eigenvalue weighted by atomic mass is 10.1. The molecule has 1 radical (unpaired) electrons.